The summed E-state index contributed by atoms with van der Waals surface area (Å²) in [7, 11) is 0. The van der Waals surface area contributed by atoms with Crippen molar-refractivity contribution in [1.82, 2.24) is 15.2 Å². The molecule has 2 atom stereocenters. The SMILES string of the molecule is O=C(N[C@@H](CCCCN(Cc1ccccc1)C(=O)O)C(=O)c1nc2ccccc2s1)C1CCCc2ccccc21. The summed E-state index contributed by atoms with van der Waals surface area (Å²) in [6.45, 7) is 0.651. The smallest absolute Gasteiger partial charge is 0.407 e. The van der Waals surface area contributed by atoms with Crippen molar-refractivity contribution in [2.24, 2.45) is 0 Å². The van der Waals surface area contributed by atoms with Gasteiger partial charge in [-0.05, 0) is 67.3 Å². The van der Waals surface area contributed by atoms with Crippen LogP contribution in [0.4, 0.5) is 4.79 Å². The average Bonchev–Trinajstić information content (AvgIpc) is 3.42. The zero-order valence-electron chi connectivity index (χ0n) is 22.3. The topological polar surface area (TPSA) is 99.6 Å². The number of carbonyl (C=O) groups is 3. The van der Waals surface area contributed by atoms with Crippen LogP contribution >= 0.6 is 11.3 Å². The fourth-order valence-electron chi connectivity index (χ4n) is 5.39. The van der Waals surface area contributed by atoms with Crippen LogP contribution in [0.2, 0.25) is 0 Å². The van der Waals surface area contributed by atoms with E-state index in [0.717, 1.165) is 40.6 Å². The highest BCUT2D eigenvalue weighted by molar-refractivity contribution is 7.20. The first-order chi connectivity index (χ1) is 19.5. The van der Waals surface area contributed by atoms with Crippen LogP contribution in [0.15, 0.2) is 78.9 Å². The van der Waals surface area contributed by atoms with Crippen LogP contribution in [0, 0.1) is 0 Å². The molecule has 1 aliphatic carbocycles. The molecule has 7 nitrogen and oxygen atoms in total. The van der Waals surface area contributed by atoms with Gasteiger partial charge in [0.05, 0.1) is 22.2 Å². The number of nitrogens with zero attached hydrogens (tertiary/aromatic N) is 2. The summed E-state index contributed by atoms with van der Waals surface area (Å²) in [6.07, 6.45) is 3.22. The quantitative estimate of drug-likeness (QED) is 0.164. The predicted octanol–water partition coefficient (Wildman–Crippen LogP) is 6.43. The normalized spacial score (nSPS) is 15.2. The van der Waals surface area contributed by atoms with E-state index < -0.39 is 12.1 Å². The van der Waals surface area contributed by atoms with Crippen LogP contribution in [-0.4, -0.2) is 45.4 Å². The Morgan fingerprint density at radius 3 is 2.52 bits per heavy atom. The number of carbonyl (C=O) groups excluding carboxylic acids is 2. The van der Waals surface area contributed by atoms with Crippen LogP contribution < -0.4 is 5.32 Å². The number of amides is 2. The monoisotopic (exact) mass is 555 g/mol. The highest BCUT2D eigenvalue weighted by Crippen LogP contribution is 2.32. The second kappa shape index (κ2) is 12.9. The van der Waals surface area contributed by atoms with Gasteiger partial charge in [-0.1, -0.05) is 66.7 Å². The van der Waals surface area contributed by atoms with E-state index in [4.69, 9.17) is 0 Å². The van der Waals surface area contributed by atoms with Crippen molar-refractivity contribution >= 4 is 39.3 Å². The van der Waals surface area contributed by atoms with Crippen LogP contribution in [-0.2, 0) is 17.8 Å². The molecule has 0 radical (unpaired) electrons. The highest BCUT2D eigenvalue weighted by Gasteiger charge is 2.31. The lowest BCUT2D eigenvalue weighted by molar-refractivity contribution is -0.123. The van der Waals surface area contributed by atoms with Gasteiger partial charge in [0, 0.05) is 13.1 Å². The number of carboxylic acid groups (broad SMARTS) is 1. The van der Waals surface area contributed by atoms with E-state index in [1.165, 1.54) is 21.8 Å². The van der Waals surface area contributed by atoms with Gasteiger partial charge in [-0.15, -0.1) is 11.3 Å². The number of hydrogen-bond acceptors (Lipinski definition) is 5. The average molecular weight is 556 g/mol. The molecule has 0 fully saturated rings. The van der Waals surface area contributed by atoms with Crippen LogP contribution in [0.3, 0.4) is 0 Å². The first kappa shape index (κ1) is 27.5. The summed E-state index contributed by atoms with van der Waals surface area (Å²) in [5.41, 5.74) is 3.92. The zero-order valence-corrected chi connectivity index (χ0v) is 23.1. The van der Waals surface area contributed by atoms with Gasteiger partial charge in [0.2, 0.25) is 11.7 Å². The summed E-state index contributed by atoms with van der Waals surface area (Å²) >= 11 is 1.34. The third kappa shape index (κ3) is 6.57. The molecule has 8 heteroatoms. The second-order valence-electron chi connectivity index (χ2n) is 10.2. The maximum atomic E-state index is 13.7. The summed E-state index contributed by atoms with van der Waals surface area (Å²) in [6, 6.07) is 24.4. The van der Waals surface area contributed by atoms with Gasteiger partial charge in [-0.2, -0.15) is 0 Å². The van der Waals surface area contributed by atoms with Gasteiger partial charge in [0.1, 0.15) is 0 Å². The fourth-order valence-corrected chi connectivity index (χ4v) is 6.35. The number of fused-ring (bicyclic) bond motifs is 2. The van der Waals surface area contributed by atoms with Gasteiger partial charge in [0.25, 0.3) is 0 Å². The molecule has 1 heterocycles. The molecule has 0 saturated carbocycles. The van der Waals surface area contributed by atoms with Crippen molar-refractivity contribution in [3.8, 4) is 0 Å². The van der Waals surface area contributed by atoms with Gasteiger partial charge >= 0.3 is 6.09 Å². The second-order valence-corrected chi connectivity index (χ2v) is 11.3. The first-order valence-corrected chi connectivity index (χ1v) is 14.6. The lowest BCUT2D eigenvalue weighted by Gasteiger charge is -2.27. The van der Waals surface area contributed by atoms with E-state index in [9.17, 15) is 19.5 Å². The number of benzene rings is 3. The van der Waals surface area contributed by atoms with E-state index in [0.29, 0.717) is 37.4 Å². The maximum absolute atomic E-state index is 13.7. The molecule has 1 aliphatic rings. The molecule has 206 valence electrons. The fraction of sp³-hybridized carbons (Fsp3) is 0.312. The molecule has 3 aromatic carbocycles. The number of Topliss-reactive ketones (excluding diaryl/α,β-unsaturated/α-hetero) is 1. The van der Waals surface area contributed by atoms with Crippen molar-refractivity contribution in [3.63, 3.8) is 0 Å². The van der Waals surface area contributed by atoms with Crippen molar-refractivity contribution in [1.29, 1.82) is 0 Å². The molecule has 0 saturated heterocycles. The number of nitrogens with one attached hydrogen (secondary N) is 1. The van der Waals surface area contributed by atoms with Crippen molar-refractivity contribution in [2.75, 3.05) is 6.54 Å². The number of thiazole rings is 1. The number of hydrogen-bond donors (Lipinski definition) is 2. The van der Waals surface area contributed by atoms with Gasteiger partial charge in [-0.3, -0.25) is 9.59 Å². The molecular weight excluding hydrogens is 522 g/mol. The van der Waals surface area contributed by atoms with E-state index in [1.54, 1.807) is 0 Å². The minimum absolute atomic E-state index is 0.136. The molecule has 4 aromatic rings. The van der Waals surface area contributed by atoms with Crippen LogP contribution in [0.1, 0.15) is 64.5 Å². The molecule has 0 aliphatic heterocycles. The number of ketones is 1. The number of unbranched alkanes of at least 4 members (excludes halogenated alkanes) is 1. The number of rotatable bonds is 11. The van der Waals surface area contributed by atoms with Crippen LogP contribution in [0.5, 0.6) is 0 Å². The van der Waals surface area contributed by atoms with E-state index in [2.05, 4.69) is 16.4 Å². The Kier molecular flexibility index (Phi) is 8.86. The predicted molar refractivity (Wildman–Crippen MR) is 157 cm³/mol. The minimum Gasteiger partial charge on any atom is -0.465 e. The van der Waals surface area contributed by atoms with Crippen molar-refractivity contribution < 1.29 is 19.5 Å². The molecule has 40 heavy (non-hydrogen) atoms. The first-order valence-electron chi connectivity index (χ1n) is 13.8. The molecule has 0 bridgehead atoms. The summed E-state index contributed by atoms with van der Waals surface area (Å²) in [4.78, 5) is 45.0. The minimum atomic E-state index is -0.977. The molecule has 0 spiro atoms. The summed E-state index contributed by atoms with van der Waals surface area (Å²) in [5, 5.41) is 13.2. The number of para-hydroxylation sites is 1. The molecule has 5 rings (SSSR count). The lowest BCUT2D eigenvalue weighted by atomic mass is 9.82. The van der Waals surface area contributed by atoms with Crippen molar-refractivity contribution in [2.45, 2.75) is 57.0 Å². The Bertz CT molecular complexity index is 1450. The third-order valence-corrected chi connectivity index (χ3v) is 8.53. The number of aryl methyl sites for hydroxylation is 1. The Labute approximate surface area is 237 Å². The molecule has 1 aromatic heterocycles. The van der Waals surface area contributed by atoms with E-state index >= 15 is 0 Å². The summed E-state index contributed by atoms with van der Waals surface area (Å²) in [5.74, 6) is -0.620. The molecule has 1 unspecified atom stereocenters. The molecule has 2 amide bonds. The third-order valence-electron chi connectivity index (χ3n) is 7.48. The Morgan fingerprint density at radius 2 is 1.73 bits per heavy atom. The number of aromatic nitrogens is 1. The Balaban J connectivity index is 1.28. The van der Waals surface area contributed by atoms with E-state index in [1.807, 2.05) is 72.8 Å². The largest absolute Gasteiger partial charge is 0.465 e. The zero-order chi connectivity index (χ0) is 27.9. The van der Waals surface area contributed by atoms with Crippen molar-refractivity contribution in [3.05, 3.63) is 101 Å². The van der Waals surface area contributed by atoms with Gasteiger partial charge in [-0.25, -0.2) is 9.78 Å². The van der Waals surface area contributed by atoms with Gasteiger partial charge in [0.15, 0.2) is 5.01 Å². The highest BCUT2D eigenvalue weighted by atomic mass is 32.1. The maximum Gasteiger partial charge on any atom is 0.407 e. The van der Waals surface area contributed by atoms with E-state index in [-0.39, 0.29) is 17.6 Å². The summed E-state index contributed by atoms with van der Waals surface area (Å²) < 4.78 is 0.926. The molecule has 2 N–H and O–H groups in total. The standard InChI is InChI=1S/C32H33N3O4S/c36-29(31-34-26-17-6-7-19-28(26)40-31)27(33-30(37)25-16-10-14-23-13-4-5-15-24(23)25)18-8-9-20-35(32(38)39)21-22-11-2-1-3-12-22/h1-7,11-13,15,17,19,25,27H,8-10,14,16,18,20-21H2,(H,33,37)(H,38,39)/t25?,27-/m0/s1. The lowest BCUT2D eigenvalue weighted by Crippen LogP contribution is -2.43. The molecular formula is C32H33N3O4S. The van der Waals surface area contributed by atoms with Gasteiger partial charge < -0.3 is 15.3 Å². The Morgan fingerprint density at radius 1 is 0.975 bits per heavy atom. The van der Waals surface area contributed by atoms with Crippen LogP contribution in [0.25, 0.3) is 10.2 Å². The Hall–Kier alpha value is -4.04.